The van der Waals surface area contributed by atoms with Gasteiger partial charge in [0.05, 0.1) is 12.8 Å². The van der Waals surface area contributed by atoms with Crippen LogP contribution in [0.4, 0.5) is 5.69 Å². The van der Waals surface area contributed by atoms with Gasteiger partial charge in [0.15, 0.2) is 0 Å². The Bertz CT molecular complexity index is 853. The van der Waals surface area contributed by atoms with Gasteiger partial charge in [-0.25, -0.2) is 0 Å². The molecular formula is C20H22N2O2. The van der Waals surface area contributed by atoms with Crippen LogP contribution < -0.4 is 9.64 Å². The summed E-state index contributed by atoms with van der Waals surface area (Å²) in [6.07, 6.45) is 0.747. The van der Waals surface area contributed by atoms with Crippen LogP contribution in [-0.2, 0) is 11.2 Å². The summed E-state index contributed by atoms with van der Waals surface area (Å²) < 4.78 is 5.36. The molecule has 24 heavy (non-hydrogen) atoms. The van der Waals surface area contributed by atoms with E-state index in [-0.39, 0.29) is 5.91 Å². The van der Waals surface area contributed by atoms with Crippen LogP contribution >= 0.6 is 0 Å². The van der Waals surface area contributed by atoms with Crippen LogP contribution in [-0.4, -0.2) is 24.5 Å². The number of amides is 1. The molecule has 0 atom stereocenters. The third-order valence-corrected chi connectivity index (χ3v) is 4.24. The Morgan fingerprint density at radius 3 is 2.54 bits per heavy atom. The highest BCUT2D eigenvalue weighted by Gasteiger charge is 2.20. The lowest BCUT2D eigenvalue weighted by atomic mass is 10.1. The van der Waals surface area contributed by atoms with Gasteiger partial charge in [0.1, 0.15) is 5.75 Å². The molecule has 0 unspecified atom stereocenters. The van der Waals surface area contributed by atoms with Gasteiger partial charge in [-0.3, -0.25) is 4.79 Å². The molecular weight excluding hydrogens is 300 g/mol. The van der Waals surface area contributed by atoms with Crippen LogP contribution in [0.2, 0.25) is 0 Å². The third-order valence-electron chi connectivity index (χ3n) is 4.24. The molecule has 3 rings (SSSR count). The van der Waals surface area contributed by atoms with Gasteiger partial charge in [-0.15, -0.1) is 0 Å². The van der Waals surface area contributed by atoms with Gasteiger partial charge in [0, 0.05) is 36.5 Å². The average molecular weight is 322 g/mol. The van der Waals surface area contributed by atoms with Gasteiger partial charge < -0.3 is 14.6 Å². The lowest BCUT2D eigenvalue weighted by Crippen LogP contribution is -2.28. The van der Waals surface area contributed by atoms with E-state index in [9.17, 15) is 4.79 Å². The minimum atomic E-state index is 0.0375. The SMILES string of the molecule is CCN(C(C)=O)c1c(Cc2ccccc2)[nH]c2ccc(OC)cc12. The number of hydrogen-bond donors (Lipinski definition) is 1. The van der Waals surface area contributed by atoms with Crippen LogP contribution in [0.3, 0.4) is 0 Å². The maximum atomic E-state index is 12.2. The van der Waals surface area contributed by atoms with Crippen molar-refractivity contribution in [3.05, 3.63) is 59.8 Å². The number of ether oxygens (including phenoxy) is 1. The first-order chi connectivity index (χ1) is 11.6. The van der Waals surface area contributed by atoms with E-state index < -0.39 is 0 Å². The Morgan fingerprint density at radius 1 is 1.17 bits per heavy atom. The number of fused-ring (bicyclic) bond motifs is 1. The summed E-state index contributed by atoms with van der Waals surface area (Å²) in [5.41, 5.74) is 4.21. The highest BCUT2D eigenvalue weighted by atomic mass is 16.5. The molecule has 0 aliphatic heterocycles. The van der Waals surface area contributed by atoms with Crippen molar-refractivity contribution in [3.63, 3.8) is 0 Å². The Balaban J connectivity index is 2.17. The van der Waals surface area contributed by atoms with Crippen molar-refractivity contribution >= 4 is 22.5 Å². The number of anilines is 1. The highest BCUT2D eigenvalue weighted by Crippen LogP contribution is 2.35. The molecule has 0 aliphatic carbocycles. The molecule has 1 aromatic heterocycles. The molecule has 124 valence electrons. The summed E-state index contributed by atoms with van der Waals surface area (Å²) in [6, 6.07) is 16.2. The molecule has 0 saturated carbocycles. The fourth-order valence-corrected chi connectivity index (χ4v) is 3.11. The lowest BCUT2D eigenvalue weighted by molar-refractivity contribution is -0.116. The predicted octanol–water partition coefficient (Wildman–Crippen LogP) is 4.14. The Hall–Kier alpha value is -2.75. The summed E-state index contributed by atoms with van der Waals surface area (Å²) in [7, 11) is 1.65. The Labute approximate surface area is 142 Å². The lowest BCUT2D eigenvalue weighted by Gasteiger charge is -2.20. The fraction of sp³-hybridized carbons (Fsp3) is 0.250. The van der Waals surface area contributed by atoms with Gasteiger partial charge in [0.25, 0.3) is 0 Å². The number of hydrogen-bond acceptors (Lipinski definition) is 2. The summed E-state index contributed by atoms with van der Waals surface area (Å²) in [5.74, 6) is 0.823. The van der Waals surface area contributed by atoms with Crippen molar-refractivity contribution in [2.75, 3.05) is 18.6 Å². The average Bonchev–Trinajstić information content (AvgIpc) is 2.93. The minimum Gasteiger partial charge on any atom is -0.497 e. The first kappa shape index (κ1) is 16.1. The predicted molar refractivity (Wildman–Crippen MR) is 97.8 cm³/mol. The normalized spacial score (nSPS) is 10.8. The molecule has 0 saturated heterocycles. The molecule has 1 amide bonds. The molecule has 1 heterocycles. The zero-order chi connectivity index (χ0) is 17.1. The number of aromatic nitrogens is 1. The molecule has 0 radical (unpaired) electrons. The second-order valence-corrected chi connectivity index (χ2v) is 5.79. The topological polar surface area (TPSA) is 45.3 Å². The summed E-state index contributed by atoms with van der Waals surface area (Å²) in [4.78, 5) is 17.5. The third kappa shape index (κ3) is 3.00. The highest BCUT2D eigenvalue weighted by molar-refractivity contribution is 6.04. The number of carbonyl (C=O) groups is 1. The smallest absolute Gasteiger partial charge is 0.223 e. The molecule has 4 nitrogen and oxygen atoms in total. The van der Waals surface area contributed by atoms with Crippen LogP contribution in [0.15, 0.2) is 48.5 Å². The number of nitrogens with one attached hydrogen (secondary N) is 1. The van der Waals surface area contributed by atoms with Crippen molar-refractivity contribution < 1.29 is 9.53 Å². The van der Waals surface area contributed by atoms with Crippen LogP contribution in [0.1, 0.15) is 25.1 Å². The minimum absolute atomic E-state index is 0.0375. The number of nitrogens with zero attached hydrogens (tertiary/aromatic N) is 1. The van der Waals surface area contributed by atoms with Gasteiger partial charge in [-0.05, 0) is 30.7 Å². The standard InChI is InChI=1S/C20H22N2O2/c1-4-22(14(2)23)20-17-13-16(24-3)10-11-18(17)21-19(20)12-15-8-6-5-7-9-15/h5-11,13,21H,4,12H2,1-3H3. The van der Waals surface area contributed by atoms with Gasteiger partial charge in [-0.1, -0.05) is 30.3 Å². The fourth-order valence-electron chi connectivity index (χ4n) is 3.11. The molecule has 4 heteroatoms. The second-order valence-electron chi connectivity index (χ2n) is 5.79. The molecule has 2 aromatic carbocycles. The van der Waals surface area contributed by atoms with Crippen LogP contribution in [0.5, 0.6) is 5.75 Å². The van der Waals surface area contributed by atoms with Crippen molar-refractivity contribution in [2.45, 2.75) is 20.3 Å². The van der Waals surface area contributed by atoms with E-state index in [1.165, 1.54) is 5.56 Å². The number of rotatable bonds is 5. The van der Waals surface area contributed by atoms with Gasteiger partial charge in [-0.2, -0.15) is 0 Å². The van der Waals surface area contributed by atoms with E-state index >= 15 is 0 Å². The number of carbonyl (C=O) groups excluding carboxylic acids is 1. The first-order valence-electron chi connectivity index (χ1n) is 8.14. The van der Waals surface area contributed by atoms with Crippen molar-refractivity contribution in [3.8, 4) is 5.75 Å². The van der Waals surface area contributed by atoms with Gasteiger partial charge in [0.2, 0.25) is 5.91 Å². The van der Waals surface area contributed by atoms with Crippen LogP contribution in [0.25, 0.3) is 10.9 Å². The quantitative estimate of drug-likeness (QED) is 0.767. The monoisotopic (exact) mass is 322 g/mol. The maximum absolute atomic E-state index is 12.2. The second kappa shape index (κ2) is 6.79. The summed E-state index contributed by atoms with van der Waals surface area (Å²) >= 11 is 0. The van der Waals surface area contributed by atoms with Crippen molar-refractivity contribution in [1.29, 1.82) is 0 Å². The summed E-state index contributed by atoms with van der Waals surface area (Å²) in [5, 5.41) is 1.01. The van der Waals surface area contributed by atoms with Crippen molar-refractivity contribution in [1.82, 2.24) is 4.98 Å². The number of methoxy groups -OCH3 is 1. The zero-order valence-electron chi connectivity index (χ0n) is 14.3. The Kier molecular flexibility index (Phi) is 4.56. The van der Waals surface area contributed by atoms with E-state index in [2.05, 4.69) is 17.1 Å². The number of aromatic amines is 1. The zero-order valence-corrected chi connectivity index (χ0v) is 14.3. The van der Waals surface area contributed by atoms with E-state index in [1.54, 1.807) is 14.0 Å². The van der Waals surface area contributed by atoms with E-state index in [1.807, 2.05) is 48.2 Å². The Morgan fingerprint density at radius 2 is 1.92 bits per heavy atom. The summed E-state index contributed by atoms with van der Waals surface area (Å²) in [6.45, 7) is 4.22. The van der Waals surface area contributed by atoms with E-state index in [0.717, 1.165) is 34.5 Å². The largest absolute Gasteiger partial charge is 0.497 e. The van der Waals surface area contributed by atoms with Crippen molar-refractivity contribution in [2.24, 2.45) is 0 Å². The number of benzene rings is 2. The molecule has 0 spiro atoms. The molecule has 0 fully saturated rings. The van der Waals surface area contributed by atoms with Gasteiger partial charge >= 0.3 is 0 Å². The maximum Gasteiger partial charge on any atom is 0.223 e. The van der Waals surface area contributed by atoms with E-state index in [0.29, 0.717) is 6.54 Å². The molecule has 3 aromatic rings. The van der Waals surface area contributed by atoms with Crippen LogP contribution in [0, 0.1) is 0 Å². The molecule has 0 bridgehead atoms. The number of H-pyrrole nitrogens is 1. The molecule has 1 N–H and O–H groups in total. The molecule has 0 aliphatic rings. The van der Waals surface area contributed by atoms with E-state index in [4.69, 9.17) is 4.74 Å². The first-order valence-corrected chi connectivity index (χ1v) is 8.14.